The Balaban J connectivity index is 2.83. The van der Waals surface area contributed by atoms with Gasteiger partial charge in [0.05, 0.1) is 6.26 Å². The third-order valence-corrected chi connectivity index (χ3v) is 3.73. The van der Waals surface area contributed by atoms with Crippen LogP contribution in [0.1, 0.15) is 32.8 Å². The van der Waals surface area contributed by atoms with Crippen LogP contribution in [0.3, 0.4) is 0 Å². The van der Waals surface area contributed by atoms with Gasteiger partial charge in [0.1, 0.15) is 5.75 Å². The smallest absolute Gasteiger partial charge is 0.317 e. The lowest BCUT2D eigenvalue weighted by molar-refractivity contribution is 0.174. The zero-order valence-electron chi connectivity index (χ0n) is 13.5. The average molecular weight is 328 g/mol. The molecular formula is C15H24N2O4S. The first-order valence-corrected chi connectivity index (χ1v) is 9.11. The highest BCUT2D eigenvalue weighted by molar-refractivity contribution is 7.86. The van der Waals surface area contributed by atoms with E-state index in [1.807, 2.05) is 20.8 Å². The van der Waals surface area contributed by atoms with Crippen molar-refractivity contribution in [2.24, 2.45) is 0 Å². The van der Waals surface area contributed by atoms with Gasteiger partial charge in [-0.05, 0) is 38.0 Å². The summed E-state index contributed by atoms with van der Waals surface area (Å²) in [6, 6.07) is 6.70. The van der Waals surface area contributed by atoms with Gasteiger partial charge in [0.2, 0.25) is 0 Å². The normalized spacial score (nSPS) is 12.5. The summed E-state index contributed by atoms with van der Waals surface area (Å²) in [5.74, 6) is 0.263. The minimum Gasteiger partial charge on any atom is -0.383 e. The van der Waals surface area contributed by atoms with E-state index in [1.165, 1.54) is 0 Å². The number of carbonyl (C=O) groups excluding carboxylic acids is 1. The topological polar surface area (TPSA) is 75.7 Å². The Morgan fingerprint density at radius 3 is 2.32 bits per heavy atom. The van der Waals surface area contributed by atoms with E-state index in [-0.39, 0.29) is 17.8 Å². The number of amides is 2. The Morgan fingerprint density at radius 1 is 1.27 bits per heavy atom. The third kappa shape index (κ3) is 5.93. The molecule has 1 aromatic rings. The fraction of sp³-hybridized carbons (Fsp3) is 0.533. The predicted molar refractivity (Wildman–Crippen MR) is 86.3 cm³/mol. The summed E-state index contributed by atoms with van der Waals surface area (Å²) in [5, 5.41) is 2.81. The quantitative estimate of drug-likeness (QED) is 0.780. The van der Waals surface area contributed by atoms with Crippen molar-refractivity contribution in [3.8, 4) is 5.75 Å². The second kappa shape index (κ2) is 8.03. The van der Waals surface area contributed by atoms with E-state index in [0.29, 0.717) is 13.1 Å². The minimum absolute atomic E-state index is 0.103. The standard InChI is InChI=1S/C15H24N2O4S/c1-5-12(3)17(15(18)16-6-2)11-13-7-9-14(10-8-13)21-22(4,19)20/h7-10,12H,5-6,11H2,1-4H3,(H,16,18). The van der Waals surface area contributed by atoms with Gasteiger partial charge in [0.25, 0.3) is 0 Å². The van der Waals surface area contributed by atoms with Gasteiger partial charge in [-0.1, -0.05) is 19.1 Å². The zero-order valence-corrected chi connectivity index (χ0v) is 14.3. The van der Waals surface area contributed by atoms with Gasteiger partial charge in [0.15, 0.2) is 0 Å². The first kappa shape index (κ1) is 18.3. The maximum absolute atomic E-state index is 12.1. The molecule has 0 aliphatic carbocycles. The highest BCUT2D eigenvalue weighted by Crippen LogP contribution is 2.17. The SMILES string of the molecule is CCNC(=O)N(Cc1ccc(OS(C)(=O)=O)cc1)C(C)CC. The molecule has 0 aromatic heterocycles. The molecule has 1 rings (SSSR count). The number of benzene rings is 1. The van der Waals surface area contributed by atoms with Crippen molar-refractivity contribution in [2.45, 2.75) is 39.8 Å². The van der Waals surface area contributed by atoms with Crippen molar-refractivity contribution in [2.75, 3.05) is 12.8 Å². The first-order valence-electron chi connectivity index (χ1n) is 7.29. The monoisotopic (exact) mass is 328 g/mol. The Hall–Kier alpha value is -1.76. The number of nitrogens with zero attached hydrogens (tertiary/aromatic N) is 1. The van der Waals surface area contributed by atoms with E-state index < -0.39 is 10.1 Å². The second-order valence-corrected chi connectivity index (χ2v) is 6.73. The van der Waals surface area contributed by atoms with E-state index in [4.69, 9.17) is 4.18 Å². The lowest BCUT2D eigenvalue weighted by Crippen LogP contribution is -2.44. The van der Waals surface area contributed by atoms with Gasteiger partial charge in [-0.2, -0.15) is 8.42 Å². The van der Waals surface area contributed by atoms with E-state index in [2.05, 4.69) is 5.32 Å². The van der Waals surface area contributed by atoms with Crippen LogP contribution in [-0.4, -0.2) is 38.2 Å². The van der Waals surface area contributed by atoms with Gasteiger partial charge in [0, 0.05) is 19.1 Å². The Kier molecular flexibility index (Phi) is 6.67. The molecule has 0 aliphatic rings. The maximum atomic E-state index is 12.1. The first-order chi connectivity index (χ1) is 10.3. The number of hydrogen-bond donors (Lipinski definition) is 1. The summed E-state index contributed by atoms with van der Waals surface area (Å²) in [6.07, 6.45) is 1.85. The molecule has 2 amide bonds. The lowest BCUT2D eigenvalue weighted by atomic mass is 10.1. The van der Waals surface area contributed by atoms with Crippen molar-refractivity contribution in [3.05, 3.63) is 29.8 Å². The Morgan fingerprint density at radius 2 is 1.86 bits per heavy atom. The molecular weight excluding hydrogens is 304 g/mol. The molecule has 6 nitrogen and oxygen atoms in total. The second-order valence-electron chi connectivity index (χ2n) is 5.15. The fourth-order valence-electron chi connectivity index (χ4n) is 1.92. The van der Waals surface area contributed by atoms with Crippen molar-refractivity contribution >= 4 is 16.1 Å². The van der Waals surface area contributed by atoms with Crippen LogP contribution in [0, 0.1) is 0 Å². The summed E-state index contributed by atoms with van der Waals surface area (Å²) in [4.78, 5) is 13.9. The molecule has 1 aromatic carbocycles. The van der Waals surface area contributed by atoms with Crippen molar-refractivity contribution in [1.29, 1.82) is 0 Å². The highest BCUT2D eigenvalue weighted by Gasteiger charge is 2.18. The van der Waals surface area contributed by atoms with Crippen LogP contribution in [0.5, 0.6) is 5.75 Å². The molecule has 0 saturated heterocycles. The predicted octanol–water partition coefficient (Wildman–Crippen LogP) is 2.36. The van der Waals surface area contributed by atoms with Gasteiger partial charge < -0.3 is 14.4 Å². The third-order valence-electron chi connectivity index (χ3n) is 3.24. The van der Waals surface area contributed by atoms with Crippen molar-refractivity contribution in [1.82, 2.24) is 10.2 Å². The largest absolute Gasteiger partial charge is 0.383 e. The van der Waals surface area contributed by atoms with Gasteiger partial charge in [-0.25, -0.2) is 4.79 Å². The number of urea groups is 1. The Labute approximate surface area is 132 Å². The summed E-state index contributed by atoms with van der Waals surface area (Å²) < 4.78 is 26.9. The molecule has 1 N–H and O–H groups in total. The summed E-state index contributed by atoms with van der Waals surface area (Å²) in [7, 11) is -3.53. The van der Waals surface area contributed by atoms with Crippen LogP contribution in [0.2, 0.25) is 0 Å². The number of hydrogen-bond acceptors (Lipinski definition) is 4. The van der Waals surface area contributed by atoms with Crippen LogP contribution in [0.25, 0.3) is 0 Å². The van der Waals surface area contributed by atoms with Crippen molar-refractivity contribution < 1.29 is 17.4 Å². The number of nitrogens with one attached hydrogen (secondary N) is 1. The molecule has 22 heavy (non-hydrogen) atoms. The van der Waals surface area contributed by atoms with Gasteiger partial charge in [-0.15, -0.1) is 0 Å². The summed E-state index contributed by atoms with van der Waals surface area (Å²) in [6.45, 7) is 6.94. The number of rotatable bonds is 7. The zero-order chi connectivity index (χ0) is 16.8. The molecule has 0 saturated carbocycles. The number of carbonyl (C=O) groups is 1. The van der Waals surface area contributed by atoms with Crippen LogP contribution in [-0.2, 0) is 16.7 Å². The highest BCUT2D eigenvalue weighted by atomic mass is 32.2. The molecule has 124 valence electrons. The average Bonchev–Trinajstić information content (AvgIpc) is 2.44. The van der Waals surface area contributed by atoms with E-state index >= 15 is 0 Å². The summed E-state index contributed by atoms with van der Waals surface area (Å²) >= 11 is 0. The molecule has 1 unspecified atom stereocenters. The maximum Gasteiger partial charge on any atom is 0.317 e. The fourth-order valence-corrected chi connectivity index (χ4v) is 2.38. The van der Waals surface area contributed by atoms with Crippen LogP contribution < -0.4 is 9.50 Å². The summed E-state index contributed by atoms with van der Waals surface area (Å²) in [5.41, 5.74) is 0.910. The van der Waals surface area contributed by atoms with E-state index in [0.717, 1.165) is 18.2 Å². The molecule has 0 spiro atoms. The molecule has 0 bridgehead atoms. The molecule has 0 aliphatic heterocycles. The van der Waals surface area contributed by atoms with Crippen LogP contribution in [0.4, 0.5) is 4.79 Å². The molecule has 0 fully saturated rings. The van der Waals surface area contributed by atoms with E-state index in [9.17, 15) is 13.2 Å². The molecule has 1 atom stereocenters. The van der Waals surface area contributed by atoms with Crippen LogP contribution >= 0.6 is 0 Å². The van der Waals surface area contributed by atoms with Crippen LogP contribution in [0.15, 0.2) is 24.3 Å². The minimum atomic E-state index is -3.53. The molecule has 0 radical (unpaired) electrons. The Bertz CT molecular complexity index is 584. The van der Waals surface area contributed by atoms with Crippen molar-refractivity contribution in [3.63, 3.8) is 0 Å². The lowest BCUT2D eigenvalue weighted by Gasteiger charge is -2.28. The van der Waals surface area contributed by atoms with E-state index in [1.54, 1.807) is 29.2 Å². The molecule has 7 heteroatoms. The molecule has 0 heterocycles. The van der Waals surface area contributed by atoms with Gasteiger partial charge >= 0.3 is 16.1 Å². The van der Waals surface area contributed by atoms with Gasteiger partial charge in [-0.3, -0.25) is 0 Å².